The third kappa shape index (κ3) is 5.05. The summed E-state index contributed by atoms with van der Waals surface area (Å²) in [6.07, 6.45) is 5.12. The highest BCUT2D eigenvalue weighted by Gasteiger charge is 2.28. The van der Waals surface area contributed by atoms with Crippen LogP contribution in [0.15, 0.2) is 48.8 Å². The fraction of sp³-hybridized carbons (Fsp3) is 0.368. The molecule has 24 heavy (non-hydrogen) atoms. The molecule has 4 nitrogen and oxygen atoms in total. The Morgan fingerprint density at radius 2 is 1.71 bits per heavy atom. The van der Waals surface area contributed by atoms with Gasteiger partial charge in [0, 0.05) is 12.4 Å². The summed E-state index contributed by atoms with van der Waals surface area (Å²) in [4.78, 5) is 16.3. The van der Waals surface area contributed by atoms with Crippen LogP contribution in [-0.2, 0) is 4.79 Å². The van der Waals surface area contributed by atoms with Crippen LogP contribution in [0.3, 0.4) is 0 Å². The first-order valence-corrected chi connectivity index (χ1v) is 8.04. The van der Waals surface area contributed by atoms with E-state index >= 15 is 0 Å². The number of hydrogen-bond donors (Lipinski definition) is 2. The van der Waals surface area contributed by atoms with Crippen molar-refractivity contribution in [2.75, 3.05) is 0 Å². The van der Waals surface area contributed by atoms with Crippen molar-refractivity contribution in [3.05, 3.63) is 54.4 Å². The van der Waals surface area contributed by atoms with E-state index in [1.807, 2.05) is 38.1 Å². The van der Waals surface area contributed by atoms with E-state index in [0.29, 0.717) is 6.42 Å². The van der Waals surface area contributed by atoms with Crippen molar-refractivity contribution >= 4 is 18.3 Å². The van der Waals surface area contributed by atoms with E-state index in [1.165, 1.54) is 0 Å². The number of amides is 1. The van der Waals surface area contributed by atoms with E-state index in [4.69, 9.17) is 5.73 Å². The molecule has 5 heteroatoms. The molecule has 0 aliphatic carbocycles. The summed E-state index contributed by atoms with van der Waals surface area (Å²) in [5, 5.41) is 3.01. The fourth-order valence-electron chi connectivity index (χ4n) is 2.59. The molecular formula is C19H26ClN3O. The molecule has 0 aliphatic rings. The van der Waals surface area contributed by atoms with Crippen molar-refractivity contribution in [3.63, 3.8) is 0 Å². The lowest BCUT2D eigenvalue weighted by molar-refractivity contribution is -0.126. The molecule has 1 heterocycles. The van der Waals surface area contributed by atoms with Crippen LogP contribution in [0.25, 0.3) is 11.1 Å². The van der Waals surface area contributed by atoms with Crippen molar-refractivity contribution in [3.8, 4) is 11.1 Å². The lowest BCUT2D eigenvalue weighted by Crippen LogP contribution is -2.52. The molecule has 0 aliphatic heterocycles. The molecule has 2 rings (SSSR count). The summed E-state index contributed by atoms with van der Waals surface area (Å²) in [7, 11) is 0. The number of nitrogens with zero attached hydrogens (tertiary/aromatic N) is 1. The Hall–Kier alpha value is -1.91. The van der Waals surface area contributed by atoms with Crippen LogP contribution < -0.4 is 11.1 Å². The van der Waals surface area contributed by atoms with Gasteiger partial charge in [-0.3, -0.25) is 9.78 Å². The molecular weight excluding hydrogens is 322 g/mol. The van der Waals surface area contributed by atoms with Gasteiger partial charge in [0.15, 0.2) is 0 Å². The maximum absolute atomic E-state index is 12.3. The molecule has 1 aromatic heterocycles. The first kappa shape index (κ1) is 20.1. The quantitative estimate of drug-likeness (QED) is 0.833. The Labute approximate surface area is 150 Å². The third-order valence-corrected chi connectivity index (χ3v) is 4.06. The smallest absolute Gasteiger partial charge is 0.240 e. The summed E-state index contributed by atoms with van der Waals surface area (Å²) >= 11 is 0. The Kier molecular flexibility index (Phi) is 7.39. The van der Waals surface area contributed by atoms with Crippen molar-refractivity contribution in [1.29, 1.82) is 0 Å². The van der Waals surface area contributed by atoms with Gasteiger partial charge in [-0.1, -0.05) is 37.6 Å². The number of halogens is 1. The van der Waals surface area contributed by atoms with E-state index in [-0.39, 0.29) is 24.4 Å². The molecule has 2 aromatic rings. The third-order valence-electron chi connectivity index (χ3n) is 4.06. The van der Waals surface area contributed by atoms with Gasteiger partial charge in [-0.05, 0) is 49.1 Å². The Balaban J connectivity index is 0.00000288. The normalized spacial score (nSPS) is 14.2. The van der Waals surface area contributed by atoms with Gasteiger partial charge in [0.25, 0.3) is 0 Å². The minimum Gasteiger partial charge on any atom is -0.348 e. The maximum atomic E-state index is 12.3. The molecule has 2 atom stereocenters. The zero-order valence-corrected chi connectivity index (χ0v) is 15.3. The molecule has 0 fully saturated rings. The van der Waals surface area contributed by atoms with Crippen molar-refractivity contribution in [2.45, 2.75) is 45.2 Å². The number of benzene rings is 1. The van der Waals surface area contributed by atoms with E-state index in [9.17, 15) is 4.79 Å². The standard InChI is InChI=1S/C19H25N3O.ClH/c1-4-11-19(3,20)18(23)22-14(2)15-5-7-16(8-6-15)17-9-12-21-13-10-17;/h5-10,12-14H,4,11,20H2,1-3H3,(H,22,23);1H. The van der Waals surface area contributed by atoms with E-state index in [0.717, 1.165) is 23.1 Å². The number of hydrogen-bond acceptors (Lipinski definition) is 3. The van der Waals surface area contributed by atoms with E-state index in [2.05, 4.69) is 22.4 Å². The van der Waals surface area contributed by atoms with Crippen molar-refractivity contribution in [1.82, 2.24) is 10.3 Å². The summed E-state index contributed by atoms with van der Waals surface area (Å²) in [6, 6.07) is 12.1. The van der Waals surface area contributed by atoms with Crippen molar-refractivity contribution in [2.24, 2.45) is 5.73 Å². The molecule has 3 N–H and O–H groups in total. The van der Waals surface area contributed by atoms with Gasteiger partial charge in [0.1, 0.15) is 0 Å². The predicted molar refractivity (Wildman–Crippen MR) is 101 cm³/mol. The fourth-order valence-corrected chi connectivity index (χ4v) is 2.59. The van der Waals surface area contributed by atoms with Crippen LogP contribution in [0.4, 0.5) is 0 Å². The number of carbonyl (C=O) groups excluding carboxylic acids is 1. The number of rotatable bonds is 6. The first-order valence-electron chi connectivity index (χ1n) is 8.04. The monoisotopic (exact) mass is 347 g/mol. The van der Waals surface area contributed by atoms with E-state index in [1.54, 1.807) is 19.3 Å². The highest BCUT2D eigenvalue weighted by Crippen LogP contribution is 2.22. The number of carbonyl (C=O) groups is 1. The van der Waals surface area contributed by atoms with Crippen LogP contribution in [0.1, 0.15) is 45.2 Å². The van der Waals surface area contributed by atoms with Gasteiger partial charge < -0.3 is 11.1 Å². The Bertz CT molecular complexity index is 641. The largest absolute Gasteiger partial charge is 0.348 e. The molecule has 0 spiro atoms. The van der Waals surface area contributed by atoms with Crippen LogP contribution >= 0.6 is 12.4 Å². The van der Waals surface area contributed by atoms with Crippen molar-refractivity contribution < 1.29 is 4.79 Å². The topological polar surface area (TPSA) is 68.0 Å². The van der Waals surface area contributed by atoms with Gasteiger partial charge >= 0.3 is 0 Å². The minimum atomic E-state index is -0.819. The molecule has 1 aromatic carbocycles. The average molecular weight is 348 g/mol. The summed E-state index contributed by atoms with van der Waals surface area (Å²) in [6.45, 7) is 5.78. The molecule has 0 bridgehead atoms. The van der Waals surface area contributed by atoms with Gasteiger partial charge in [0.05, 0.1) is 11.6 Å². The lowest BCUT2D eigenvalue weighted by atomic mass is 9.95. The second kappa shape index (κ2) is 8.81. The minimum absolute atomic E-state index is 0. The van der Waals surface area contributed by atoms with Crippen LogP contribution in [0, 0.1) is 0 Å². The first-order chi connectivity index (χ1) is 10.9. The molecule has 1 amide bonds. The summed E-state index contributed by atoms with van der Waals surface area (Å²) < 4.78 is 0. The Morgan fingerprint density at radius 3 is 2.25 bits per heavy atom. The van der Waals surface area contributed by atoms with Gasteiger partial charge in [-0.15, -0.1) is 12.4 Å². The highest BCUT2D eigenvalue weighted by molar-refractivity contribution is 5.86. The number of pyridine rings is 1. The van der Waals surface area contributed by atoms with Crippen LogP contribution in [0.2, 0.25) is 0 Å². The average Bonchev–Trinajstić information content (AvgIpc) is 2.55. The Morgan fingerprint density at radius 1 is 1.17 bits per heavy atom. The van der Waals surface area contributed by atoms with Gasteiger partial charge in [-0.2, -0.15) is 0 Å². The van der Waals surface area contributed by atoms with Crippen LogP contribution in [-0.4, -0.2) is 16.4 Å². The van der Waals surface area contributed by atoms with Gasteiger partial charge in [0.2, 0.25) is 5.91 Å². The predicted octanol–water partition coefficient (Wildman–Crippen LogP) is 3.87. The molecule has 0 saturated carbocycles. The summed E-state index contributed by atoms with van der Waals surface area (Å²) in [5.74, 6) is -0.106. The maximum Gasteiger partial charge on any atom is 0.240 e. The molecule has 0 saturated heterocycles. The number of nitrogens with one attached hydrogen (secondary N) is 1. The number of aromatic nitrogens is 1. The molecule has 130 valence electrons. The molecule has 0 radical (unpaired) electrons. The van der Waals surface area contributed by atoms with E-state index < -0.39 is 5.54 Å². The zero-order chi connectivity index (χ0) is 16.9. The lowest BCUT2D eigenvalue weighted by Gasteiger charge is -2.25. The van der Waals surface area contributed by atoms with Gasteiger partial charge in [-0.25, -0.2) is 0 Å². The summed E-state index contributed by atoms with van der Waals surface area (Å²) in [5.41, 5.74) is 8.57. The molecule has 2 unspecified atom stereocenters. The number of nitrogens with two attached hydrogens (primary N) is 1. The SMILES string of the molecule is CCCC(C)(N)C(=O)NC(C)c1ccc(-c2ccncc2)cc1.Cl. The second-order valence-corrected chi connectivity index (χ2v) is 6.22. The van der Waals surface area contributed by atoms with Crippen LogP contribution in [0.5, 0.6) is 0 Å². The zero-order valence-electron chi connectivity index (χ0n) is 14.5. The second-order valence-electron chi connectivity index (χ2n) is 6.22. The highest BCUT2D eigenvalue weighted by atomic mass is 35.5.